The SMILES string of the molecule is CC(=O)c1c(C)nn(-c2ccccc2)c1N(C)C(=O)c1ccccc1N. The number of nitrogen functional groups attached to an aromatic ring is 1. The average Bonchev–Trinajstić information content (AvgIpc) is 2.99. The van der Waals surface area contributed by atoms with E-state index in [0.717, 1.165) is 5.69 Å². The molecule has 0 aliphatic heterocycles. The molecular formula is C20H20N4O2. The molecule has 0 atom stereocenters. The van der Waals surface area contributed by atoms with E-state index in [9.17, 15) is 9.59 Å². The van der Waals surface area contributed by atoms with Gasteiger partial charge in [0, 0.05) is 12.7 Å². The van der Waals surface area contributed by atoms with Crippen LogP contribution in [0.5, 0.6) is 0 Å². The third-order valence-corrected chi connectivity index (χ3v) is 4.20. The maximum atomic E-state index is 13.0. The second-order valence-electron chi connectivity index (χ2n) is 6.04. The Morgan fingerprint density at radius 1 is 1.04 bits per heavy atom. The summed E-state index contributed by atoms with van der Waals surface area (Å²) in [5.74, 6) is -0.0301. The maximum Gasteiger partial charge on any atom is 0.261 e. The number of aryl methyl sites for hydroxylation is 1. The van der Waals surface area contributed by atoms with Crippen molar-refractivity contribution in [3.8, 4) is 5.69 Å². The van der Waals surface area contributed by atoms with Gasteiger partial charge in [-0.25, -0.2) is 4.68 Å². The van der Waals surface area contributed by atoms with Crippen LogP contribution in [-0.2, 0) is 0 Å². The molecule has 0 aliphatic rings. The second kappa shape index (κ2) is 6.84. The summed E-state index contributed by atoms with van der Waals surface area (Å²) >= 11 is 0. The number of carbonyl (C=O) groups excluding carboxylic acids is 2. The highest BCUT2D eigenvalue weighted by atomic mass is 16.2. The number of benzene rings is 2. The predicted octanol–water partition coefficient (Wildman–Crippen LogP) is 3.24. The summed E-state index contributed by atoms with van der Waals surface area (Å²) in [4.78, 5) is 26.7. The van der Waals surface area contributed by atoms with Crippen LogP contribution in [0.2, 0.25) is 0 Å². The number of hydrogen-bond acceptors (Lipinski definition) is 4. The number of para-hydroxylation sites is 2. The zero-order valence-corrected chi connectivity index (χ0v) is 14.9. The van der Waals surface area contributed by atoms with Crippen LogP contribution >= 0.6 is 0 Å². The number of nitrogens with two attached hydrogens (primary N) is 1. The van der Waals surface area contributed by atoms with Crippen molar-refractivity contribution in [3.63, 3.8) is 0 Å². The van der Waals surface area contributed by atoms with E-state index in [-0.39, 0.29) is 11.7 Å². The first kappa shape index (κ1) is 17.4. The van der Waals surface area contributed by atoms with Gasteiger partial charge in [0.15, 0.2) is 5.78 Å². The minimum absolute atomic E-state index is 0.152. The highest BCUT2D eigenvalue weighted by Crippen LogP contribution is 2.29. The average molecular weight is 348 g/mol. The van der Waals surface area contributed by atoms with E-state index in [1.54, 1.807) is 42.9 Å². The minimum Gasteiger partial charge on any atom is -0.398 e. The lowest BCUT2D eigenvalue weighted by Crippen LogP contribution is -2.30. The molecule has 1 heterocycles. The third-order valence-electron chi connectivity index (χ3n) is 4.20. The first-order valence-electron chi connectivity index (χ1n) is 8.20. The van der Waals surface area contributed by atoms with Gasteiger partial charge in [-0.2, -0.15) is 5.10 Å². The largest absolute Gasteiger partial charge is 0.398 e. The topological polar surface area (TPSA) is 81.2 Å². The molecule has 6 nitrogen and oxygen atoms in total. The van der Waals surface area contributed by atoms with Crippen LogP contribution in [-0.4, -0.2) is 28.5 Å². The Bertz CT molecular complexity index is 977. The third kappa shape index (κ3) is 2.97. The zero-order chi connectivity index (χ0) is 18.8. The van der Waals surface area contributed by atoms with Crippen LogP contribution in [0.3, 0.4) is 0 Å². The standard InChI is InChI=1S/C20H20N4O2/c1-13-18(14(2)25)19(24(22-13)15-9-5-4-6-10-15)23(3)20(26)16-11-7-8-12-17(16)21/h4-12H,21H2,1-3H3. The van der Waals surface area contributed by atoms with Crippen molar-refractivity contribution < 1.29 is 9.59 Å². The summed E-state index contributed by atoms with van der Waals surface area (Å²) in [6.45, 7) is 3.23. The van der Waals surface area contributed by atoms with Crippen LogP contribution in [0.25, 0.3) is 5.69 Å². The molecule has 132 valence electrons. The number of amides is 1. The van der Waals surface area contributed by atoms with Gasteiger partial charge >= 0.3 is 0 Å². The van der Waals surface area contributed by atoms with Crippen LogP contribution in [0, 0.1) is 6.92 Å². The number of anilines is 2. The molecule has 0 spiro atoms. The van der Waals surface area contributed by atoms with Crippen molar-refractivity contribution >= 4 is 23.2 Å². The minimum atomic E-state index is -0.303. The lowest BCUT2D eigenvalue weighted by molar-refractivity contribution is 0.0992. The monoisotopic (exact) mass is 348 g/mol. The summed E-state index contributed by atoms with van der Waals surface area (Å²) < 4.78 is 1.61. The summed E-state index contributed by atoms with van der Waals surface area (Å²) in [5, 5.41) is 4.49. The molecule has 0 aliphatic carbocycles. The van der Waals surface area contributed by atoms with E-state index < -0.39 is 0 Å². The lowest BCUT2D eigenvalue weighted by atomic mass is 10.1. The van der Waals surface area contributed by atoms with E-state index in [0.29, 0.717) is 28.3 Å². The highest BCUT2D eigenvalue weighted by Gasteiger charge is 2.27. The number of hydrogen-bond donors (Lipinski definition) is 1. The molecule has 3 aromatic rings. The Hall–Kier alpha value is -3.41. The van der Waals surface area contributed by atoms with Crippen molar-refractivity contribution in [3.05, 3.63) is 71.4 Å². The molecule has 2 aromatic carbocycles. The van der Waals surface area contributed by atoms with E-state index in [1.165, 1.54) is 11.8 Å². The Morgan fingerprint density at radius 2 is 1.65 bits per heavy atom. The van der Waals surface area contributed by atoms with Crippen molar-refractivity contribution in [1.82, 2.24) is 9.78 Å². The van der Waals surface area contributed by atoms with Crippen LogP contribution in [0.15, 0.2) is 54.6 Å². The van der Waals surface area contributed by atoms with Gasteiger partial charge in [0.05, 0.1) is 22.5 Å². The fraction of sp³-hybridized carbons (Fsp3) is 0.150. The fourth-order valence-corrected chi connectivity index (χ4v) is 2.95. The number of Topliss-reactive ketones (excluding diaryl/α,β-unsaturated/α-hetero) is 1. The zero-order valence-electron chi connectivity index (χ0n) is 14.9. The van der Waals surface area contributed by atoms with Gasteiger partial charge in [0.2, 0.25) is 0 Å². The summed E-state index contributed by atoms with van der Waals surface area (Å²) in [5.41, 5.74) is 8.46. The van der Waals surface area contributed by atoms with Gasteiger partial charge in [-0.05, 0) is 38.1 Å². The number of rotatable bonds is 4. The molecule has 0 saturated carbocycles. The second-order valence-corrected chi connectivity index (χ2v) is 6.04. The smallest absolute Gasteiger partial charge is 0.261 e. The number of nitrogens with zero attached hydrogens (tertiary/aromatic N) is 3. The van der Waals surface area contributed by atoms with Gasteiger partial charge in [-0.1, -0.05) is 30.3 Å². The quantitative estimate of drug-likeness (QED) is 0.580. The molecule has 0 fully saturated rings. The number of aromatic nitrogens is 2. The normalized spacial score (nSPS) is 10.6. The molecule has 0 bridgehead atoms. The molecule has 0 saturated heterocycles. The Balaban J connectivity index is 2.18. The van der Waals surface area contributed by atoms with E-state index in [4.69, 9.17) is 5.73 Å². The van der Waals surface area contributed by atoms with Crippen LogP contribution in [0.1, 0.15) is 33.3 Å². The van der Waals surface area contributed by atoms with Gasteiger partial charge < -0.3 is 5.73 Å². The summed E-state index contributed by atoms with van der Waals surface area (Å²) in [6, 6.07) is 16.2. The first-order valence-corrected chi connectivity index (χ1v) is 8.20. The number of carbonyl (C=O) groups is 2. The van der Waals surface area contributed by atoms with Crippen LogP contribution < -0.4 is 10.6 Å². The summed E-state index contributed by atoms with van der Waals surface area (Å²) in [7, 11) is 1.62. The van der Waals surface area contributed by atoms with Crippen molar-refractivity contribution in [1.29, 1.82) is 0 Å². The molecule has 1 amide bonds. The molecule has 3 rings (SSSR count). The Labute approximate surface area is 151 Å². The first-order chi connectivity index (χ1) is 12.4. The van der Waals surface area contributed by atoms with E-state index >= 15 is 0 Å². The Morgan fingerprint density at radius 3 is 2.27 bits per heavy atom. The van der Waals surface area contributed by atoms with Crippen molar-refractivity contribution in [2.45, 2.75) is 13.8 Å². The van der Waals surface area contributed by atoms with E-state index in [1.807, 2.05) is 30.3 Å². The molecular weight excluding hydrogens is 328 g/mol. The Kier molecular flexibility index (Phi) is 4.58. The van der Waals surface area contributed by atoms with Gasteiger partial charge in [-0.15, -0.1) is 0 Å². The summed E-state index contributed by atoms with van der Waals surface area (Å²) in [6.07, 6.45) is 0. The highest BCUT2D eigenvalue weighted by molar-refractivity contribution is 6.12. The van der Waals surface area contributed by atoms with Crippen molar-refractivity contribution in [2.75, 3.05) is 17.7 Å². The van der Waals surface area contributed by atoms with Crippen LogP contribution in [0.4, 0.5) is 11.5 Å². The molecule has 26 heavy (non-hydrogen) atoms. The van der Waals surface area contributed by atoms with Gasteiger partial charge in [0.1, 0.15) is 5.82 Å². The number of ketones is 1. The maximum absolute atomic E-state index is 13.0. The predicted molar refractivity (Wildman–Crippen MR) is 102 cm³/mol. The van der Waals surface area contributed by atoms with Crippen molar-refractivity contribution in [2.24, 2.45) is 0 Å². The molecule has 1 aromatic heterocycles. The van der Waals surface area contributed by atoms with Gasteiger partial charge in [0.25, 0.3) is 5.91 Å². The molecule has 6 heteroatoms. The lowest BCUT2D eigenvalue weighted by Gasteiger charge is -2.21. The van der Waals surface area contributed by atoms with Gasteiger partial charge in [-0.3, -0.25) is 14.5 Å². The fourth-order valence-electron chi connectivity index (χ4n) is 2.95. The molecule has 2 N–H and O–H groups in total. The van der Waals surface area contributed by atoms with E-state index in [2.05, 4.69) is 5.10 Å². The molecule has 0 radical (unpaired) electrons. The molecule has 0 unspecified atom stereocenters.